The Morgan fingerprint density at radius 1 is 0.949 bits per heavy atom. The molecule has 0 spiro atoms. The Bertz CT molecular complexity index is 912. The van der Waals surface area contributed by atoms with E-state index in [1.165, 1.54) is 83.5 Å². The highest BCUT2D eigenvalue weighted by Crippen LogP contribution is 2.68. The summed E-state index contributed by atoms with van der Waals surface area (Å²) >= 11 is 0. The predicted molar refractivity (Wildman–Crippen MR) is 163 cm³/mol. The first-order valence-corrected chi connectivity index (χ1v) is 18.6. The van der Waals surface area contributed by atoms with Crippen molar-refractivity contribution < 1.29 is 13.6 Å². The van der Waals surface area contributed by atoms with Crippen molar-refractivity contribution in [3.63, 3.8) is 0 Å². The molecule has 9 atom stereocenters. The number of nitrogens with one attached hydrogen (secondary N) is 1. The largest absolute Gasteiger partial charge is 0.350 e. The number of allylic oxidation sites excluding steroid dienone is 1. The Hall–Kier alpha value is -0.150. The van der Waals surface area contributed by atoms with Gasteiger partial charge in [0.25, 0.3) is 0 Å². The second-order valence-corrected chi connectivity index (χ2v) is 17.3. The van der Waals surface area contributed by atoms with Gasteiger partial charge < -0.3 is 14.4 Å². The molecule has 4 nitrogen and oxygen atoms in total. The second-order valence-electron chi connectivity index (χ2n) is 14.8. The minimum atomic E-state index is -3.23. The second kappa shape index (κ2) is 12.2. The molecule has 4 fully saturated rings. The Kier molecular flexibility index (Phi) is 9.50. The summed E-state index contributed by atoms with van der Waals surface area (Å²) in [7, 11) is -3.23. The van der Waals surface area contributed by atoms with Gasteiger partial charge in [-0.25, -0.2) is 0 Å². The number of hydrogen-bond acceptors (Lipinski definition) is 4. The smallest absolute Gasteiger partial charge is 0.308 e. The molecule has 3 saturated carbocycles. The lowest BCUT2D eigenvalue weighted by molar-refractivity contribution is -0.0502. The van der Waals surface area contributed by atoms with Gasteiger partial charge in [0.05, 0.1) is 12.7 Å². The summed E-state index contributed by atoms with van der Waals surface area (Å²) in [5.74, 6) is 3.55. The molecule has 0 aromatic rings. The highest BCUT2D eigenvalue weighted by Gasteiger charge is 2.59. The lowest BCUT2D eigenvalue weighted by Crippen LogP contribution is -2.50. The van der Waals surface area contributed by atoms with E-state index >= 15 is 0 Å². The fraction of sp³-hybridized carbons (Fsp3) is 0.941. The maximum atomic E-state index is 14.1. The molecule has 0 aromatic carbocycles. The van der Waals surface area contributed by atoms with E-state index in [0.717, 1.165) is 55.9 Å². The molecule has 1 saturated heterocycles. The van der Waals surface area contributed by atoms with Crippen molar-refractivity contribution in [2.24, 2.45) is 34.5 Å². The van der Waals surface area contributed by atoms with Crippen molar-refractivity contribution in [1.29, 1.82) is 0 Å². The molecule has 2 unspecified atom stereocenters. The molecule has 1 N–H and O–H groups in total. The van der Waals surface area contributed by atoms with E-state index in [1.807, 2.05) is 13.8 Å². The summed E-state index contributed by atoms with van der Waals surface area (Å²) in [5.41, 5.74) is 2.48. The molecular formula is C34H60NO3P. The maximum Gasteiger partial charge on any atom is 0.350 e. The first kappa shape index (κ1) is 30.3. The molecule has 5 rings (SSSR count). The molecule has 0 aromatic heterocycles. The van der Waals surface area contributed by atoms with Crippen LogP contribution in [-0.4, -0.2) is 24.5 Å². The minimum Gasteiger partial charge on any atom is -0.308 e. The zero-order chi connectivity index (χ0) is 27.7. The molecule has 5 aliphatic rings. The van der Waals surface area contributed by atoms with Crippen LogP contribution in [0.1, 0.15) is 144 Å². The SMILES string of the molecule is CCCCCCCC[C@H]1CC[C@H]2[C@@H]3CC=C4C[C@@H](OP(=O)(OCC)C5(C)CCCN5)CC[C@]4(C)[C@H]3CC[C@]12C. The van der Waals surface area contributed by atoms with Gasteiger partial charge in [0.15, 0.2) is 0 Å². The highest BCUT2D eigenvalue weighted by molar-refractivity contribution is 7.55. The molecule has 0 radical (unpaired) electrons. The van der Waals surface area contributed by atoms with Crippen LogP contribution < -0.4 is 5.32 Å². The highest BCUT2D eigenvalue weighted by atomic mass is 31.2. The summed E-state index contributed by atoms with van der Waals surface area (Å²) in [6.45, 7) is 12.9. The lowest BCUT2D eigenvalue weighted by atomic mass is 9.47. The standard InChI is InChI=1S/C34H60NO3P/c1-6-8-9-10-11-12-14-26-16-18-30-29-17-15-27-25-28(19-22-33(27,4)31(29)20-23-32(26,30)3)38-39(36,37-7-2)34(5)21-13-24-35-34/h15,26,28-31,35H,6-14,16-25H2,1-5H3/t26-,28-,29-,30-,31-,32+,33-,34?,39?/m0/s1. The quantitative estimate of drug-likeness (QED) is 0.146. The van der Waals surface area contributed by atoms with Gasteiger partial charge in [-0.3, -0.25) is 4.57 Å². The Morgan fingerprint density at radius 2 is 1.74 bits per heavy atom. The first-order chi connectivity index (χ1) is 18.7. The van der Waals surface area contributed by atoms with Crippen LogP contribution in [0.15, 0.2) is 11.6 Å². The van der Waals surface area contributed by atoms with E-state index in [4.69, 9.17) is 9.05 Å². The summed E-state index contributed by atoms with van der Waals surface area (Å²) in [4.78, 5) is 0. The molecular weight excluding hydrogens is 501 g/mol. The van der Waals surface area contributed by atoms with Gasteiger partial charge >= 0.3 is 7.60 Å². The van der Waals surface area contributed by atoms with Crippen LogP contribution in [0.3, 0.4) is 0 Å². The first-order valence-electron chi connectivity index (χ1n) is 17.1. The fourth-order valence-corrected chi connectivity index (χ4v) is 12.5. The third-order valence-electron chi connectivity index (χ3n) is 12.7. The number of hydrogen-bond donors (Lipinski definition) is 1. The van der Waals surface area contributed by atoms with Crippen LogP contribution in [0.4, 0.5) is 0 Å². The number of fused-ring (bicyclic) bond motifs is 5. The Balaban J connectivity index is 1.23. The third kappa shape index (κ3) is 5.64. The van der Waals surface area contributed by atoms with E-state index in [-0.39, 0.29) is 6.10 Å². The lowest BCUT2D eigenvalue weighted by Gasteiger charge is -2.58. The van der Waals surface area contributed by atoms with Crippen molar-refractivity contribution in [3.05, 3.63) is 11.6 Å². The molecule has 1 heterocycles. The van der Waals surface area contributed by atoms with Gasteiger partial charge in [-0.1, -0.05) is 70.9 Å². The molecule has 224 valence electrons. The number of rotatable bonds is 12. The summed E-state index contributed by atoms with van der Waals surface area (Å²) in [5, 5.41) is 2.93. The van der Waals surface area contributed by atoms with Crippen LogP contribution in [0, 0.1) is 34.5 Å². The normalized spacial score (nSPS) is 43.3. The van der Waals surface area contributed by atoms with E-state index in [9.17, 15) is 4.57 Å². The zero-order valence-corrected chi connectivity index (χ0v) is 27.0. The van der Waals surface area contributed by atoms with E-state index in [1.54, 1.807) is 5.57 Å². The third-order valence-corrected chi connectivity index (χ3v) is 15.5. The molecule has 0 amide bonds. The van der Waals surface area contributed by atoms with Crippen molar-refractivity contribution in [2.75, 3.05) is 13.2 Å². The zero-order valence-electron chi connectivity index (χ0n) is 26.1. The van der Waals surface area contributed by atoms with Gasteiger partial charge in [0.2, 0.25) is 0 Å². The van der Waals surface area contributed by atoms with Crippen molar-refractivity contribution in [1.82, 2.24) is 5.32 Å². The van der Waals surface area contributed by atoms with Crippen LogP contribution in [0.5, 0.6) is 0 Å². The van der Waals surface area contributed by atoms with Gasteiger partial charge in [0, 0.05) is 0 Å². The average Bonchev–Trinajstić information content (AvgIpc) is 3.51. The topological polar surface area (TPSA) is 47.6 Å². The van der Waals surface area contributed by atoms with E-state index in [2.05, 4.69) is 32.2 Å². The molecule has 0 bridgehead atoms. The predicted octanol–water partition coefficient (Wildman–Crippen LogP) is 10.0. The molecule has 39 heavy (non-hydrogen) atoms. The maximum absolute atomic E-state index is 14.1. The summed E-state index contributed by atoms with van der Waals surface area (Å²) in [6, 6.07) is 0. The minimum absolute atomic E-state index is 0.0135. The van der Waals surface area contributed by atoms with Gasteiger partial charge in [-0.05, 0) is 126 Å². The summed E-state index contributed by atoms with van der Waals surface area (Å²) in [6.07, 6.45) is 24.7. The number of unbranched alkanes of at least 4 members (excludes halogenated alkanes) is 5. The molecule has 1 aliphatic heterocycles. The van der Waals surface area contributed by atoms with Crippen LogP contribution in [-0.2, 0) is 13.6 Å². The fourth-order valence-electron chi connectivity index (χ4n) is 10.2. The van der Waals surface area contributed by atoms with Crippen LogP contribution in [0.25, 0.3) is 0 Å². The van der Waals surface area contributed by atoms with E-state index in [0.29, 0.717) is 17.4 Å². The Morgan fingerprint density at radius 3 is 2.49 bits per heavy atom. The Labute approximate surface area is 240 Å². The summed E-state index contributed by atoms with van der Waals surface area (Å²) < 4.78 is 26.6. The van der Waals surface area contributed by atoms with Gasteiger partial charge in [-0.2, -0.15) is 0 Å². The molecule has 4 aliphatic carbocycles. The van der Waals surface area contributed by atoms with Gasteiger partial charge in [0.1, 0.15) is 5.28 Å². The van der Waals surface area contributed by atoms with Crippen molar-refractivity contribution in [2.45, 2.75) is 155 Å². The van der Waals surface area contributed by atoms with Crippen LogP contribution >= 0.6 is 7.60 Å². The van der Waals surface area contributed by atoms with Crippen molar-refractivity contribution >= 4 is 7.60 Å². The monoisotopic (exact) mass is 561 g/mol. The van der Waals surface area contributed by atoms with Gasteiger partial charge in [-0.15, -0.1) is 0 Å². The molecule has 5 heteroatoms. The van der Waals surface area contributed by atoms with Crippen LogP contribution in [0.2, 0.25) is 0 Å². The average molecular weight is 562 g/mol. The van der Waals surface area contributed by atoms with E-state index < -0.39 is 12.9 Å². The van der Waals surface area contributed by atoms with Crippen molar-refractivity contribution in [3.8, 4) is 0 Å².